The van der Waals surface area contributed by atoms with E-state index in [0.717, 1.165) is 47.8 Å². The summed E-state index contributed by atoms with van der Waals surface area (Å²) in [6, 6.07) is 0. The molecule has 0 unspecified atom stereocenters. The number of fused-ring (bicyclic) bond motifs is 1. The largest absolute Gasteiger partial charge is 0.350 e. The zero-order chi connectivity index (χ0) is 15.5. The third kappa shape index (κ3) is 3.39. The Morgan fingerprint density at radius 1 is 1.45 bits per heavy atom. The van der Waals surface area contributed by atoms with Crippen molar-refractivity contribution in [2.45, 2.75) is 17.9 Å². The van der Waals surface area contributed by atoms with Crippen LogP contribution in [-0.2, 0) is 0 Å². The molecule has 2 aromatic heterocycles. The first-order valence-corrected chi connectivity index (χ1v) is 9.33. The van der Waals surface area contributed by atoms with Gasteiger partial charge in [0, 0.05) is 6.54 Å². The maximum atomic E-state index is 12.3. The van der Waals surface area contributed by atoms with E-state index in [1.807, 2.05) is 6.26 Å². The van der Waals surface area contributed by atoms with E-state index in [4.69, 9.17) is 0 Å². The number of rotatable bonds is 4. The number of hydrogen-bond acceptors (Lipinski definition) is 7. The molecule has 3 rings (SSSR count). The average molecular weight is 337 g/mol. The molecule has 6 nitrogen and oxygen atoms in total. The van der Waals surface area contributed by atoms with Crippen LogP contribution >= 0.6 is 23.1 Å². The Kier molecular flexibility index (Phi) is 4.90. The monoisotopic (exact) mass is 337 g/mol. The van der Waals surface area contributed by atoms with E-state index in [9.17, 15) is 4.79 Å². The van der Waals surface area contributed by atoms with E-state index in [2.05, 4.69) is 32.2 Å². The van der Waals surface area contributed by atoms with Crippen LogP contribution in [0.25, 0.3) is 10.3 Å². The van der Waals surface area contributed by atoms with Gasteiger partial charge in [0.25, 0.3) is 5.91 Å². The maximum absolute atomic E-state index is 12.3. The molecule has 0 radical (unpaired) electrons. The van der Waals surface area contributed by atoms with Crippen LogP contribution in [0.1, 0.15) is 22.6 Å². The SMILES string of the molecule is CSc1ncnc2sc(C(=O)NCC3CCN(C)CC3)nc12. The number of carbonyl (C=O) groups is 1. The Labute approximate surface area is 137 Å². The summed E-state index contributed by atoms with van der Waals surface area (Å²) in [5.41, 5.74) is 0.726. The van der Waals surface area contributed by atoms with Crippen LogP contribution in [0.2, 0.25) is 0 Å². The molecule has 1 fully saturated rings. The molecule has 0 saturated carbocycles. The second-order valence-electron chi connectivity index (χ2n) is 5.51. The van der Waals surface area contributed by atoms with Crippen LogP contribution in [-0.4, -0.2) is 58.7 Å². The number of thiazole rings is 1. The highest BCUT2D eigenvalue weighted by Crippen LogP contribution is 2.26. The summed E-state index contributed by atoms with van der Waals surface area (Å²) in [6.07, 6.45) is 5.74. The van der Waals surface area contributed by atoms with Gasteiger partial charge in [-0.3, -0.25) is 4.79 Å². The minimum atomic E-state index is -0.103. The van der Waals surface area contributed by atoms with Crippen molar-refractivity contribution in [2.24, 2.45) is 5.92 Å². The van der Waals surface area contributed by atoms with E-state index in [1.165, 1.54) is 29.4 Å². The minimum absolute atomic E-state index is 0.103. The van der Waals surface area contributed by atoms with Gasteiger partial charge in [0.2, 0.25) is 0 Å². The molecular weight excluding hydrogens is 318 g/mol. The molecule has 0 spiro atoms. The van der Waals surface area contributed by atoms with Gasteiger partial charge in [-0.2, -0.15) is 0 Å². The second-order valence-corrected chi connectivity index (χ2v) is 7.28. The van der Waals surface area contributed by atoms with Gasteiger partial charge in [-0.1, -0.05) is 11.3 Å². The highest BCUT2D eigenvalue weighted by atomic mass is 32.2. The van der Waals surface area contributed by atoms with Gasteiger partial charge in [-0.25, -0.2) is 15.0 Å². The van der Waals surface area contributed by atoms with Crippen LogP contribution in [0.4, 0.5) is 0 Å². The lowest BCUT2D eigenvalue weighted by Gasteiger charge is -2.28. The highest BCUT2D eigenvalue weighted by Gasteiger charge is 2.19. The molecule has 22 heavy (non-hydrogen) atoms. The smallest absolute Gasteiger partial charge is 0.280 e. The molecule has 118 valence electrons. The standard InChI is InChI=1S/C14H19N5OS2/c1-19-5-3-9(4-6-19)7-15-11(20)14-18-10-12(21-2)16-8-17-13(10)22-14/h8-9H,3-7H2,1-2H3,(H,15,20). The summed E-state index contributed by atoms with van der Waals surface area (Å²) < 4.78 is 0. The molecule has 1 aliphatic heterocycles. The first kappa shape index (κ1) is 15.6. The lowest BCUT2D eigenvalue weighted by atomic mass is 9.97. The predicted octanol–water partition coefficient (Wildman–Crippen LogP) is 1.88. The third-order valence-corrected chi connectivity index (χ3v) is 5.59. The lowest BCUT2D eigenvalue weighted by molar-refractivity contribution is 0.0939. The van der Waals surface area contributed by atoms with Crippen LogP contribution in [0, 0.1) is 5.92 Å². The Morgan fingerprint density at radius 2 is 2.23 bits per heavy atom. The molecule has 2 aromatic rings. The van der Waals surface area contributed by atoms with E-state index < -0.39 is 0 Å². The van der Waals surface area contributed by atoms with E-state index in [1.54, 1.807) is 0 Å². The van der Waals surface area contributed by atoms with E-state index in [0.29, 0.717) is 10.9 Å². The summed E-state index contributed by atoms with van der Waals surface area (Å²) >= 11 is 2.84. The summed E-state index contributed by atoms with van der Waals surface area (Å²) in [5.74, 6) is 0.463. The summed E-state index contributed by atoms with van der Waals surface area (Å²) in [7, 11) is 2.14. The molecule has 1 amide bonds. The van der Waals surface area contributed by atoms with Gasteiger partial charge in [0.05, 0.1) is 0 Å². The lowest BCUT2D eigenvalue weighted by Crippen LogP contribution is -2.36. The number of amides is 1. The molecule has 1 N–H and O–H groups in total. The number of likely N-dealkylation sites (tertiary alicyclic amines) is 1. The van der Waals surface area contributed by atoms with Crippen LogP contribution in [0.3, 0.4) is 0 Å². The number of aromatic nitrogens is 3. The van der Waals surface area contributed by atoms with Crippen molar-refractivity contribution in [1.29, 1.82) is 0 Å². The summed E-state index contributed by atoms with van der Waals surface area (Å²) in [5, 5.41) is 4.30. The van der Waals surface area contributed by atoms with Gasteiger partial charge >= 0.3 is 0 Å². The first-order chi connectivity index (χ1) is 10.7. The van der Waals surface area contributed by atoms with Crippen molar-refractivity contribution in [3.63, 3.8) is 0 Å². The molecule has 3 heterocycles. The Morgan fingerprint density at radius 3 is 2.95 bits per heavy atom. The van der Waals surface area contributed by atoms with Crippen molar-refractivity contribution < 1.29 is 4.79 Å². The van der Waals surface area contributed by atoms with Gasteiger partial charge in [-0.05, 0) is 45.2 Å². The fourth-order valence-electron chi connectivity index (χ4n) is 2.56. The Hall–Kier alpha value is -1.25. The maximum Gasteiger partial charge on any atom is 0.280 e. The molecule has 1 saturated heterocycles. The zero-order valence-corrected chi connectivity index (χ0v) is 14.3. The number of nitrogens with zero attached hydrogens (tertiary/aromatic N) is 4. The van der Waals surface area contributed by atoms with Crippen molar-refractivity contribution in [3.05, 3.63) is 11.3 Å². The van der Waals surface area contributed by atoms with Crippen LogP contribution in [0.15, 0.2) is 11.4 Å². The molecule has 0 aromatic carbocycles. The van der Waals surface area contributed by atoms with Crippen molar-refractivity contribution in [1.82, 2.24) is 25.2 Å². The molecular formula is C14H19N5OS2. The number of thioether (sulfide) groups is 1. The quantitative estimate of drug-likeness (QED) is 0.678. The van der Waals surface area contributed by atoms with Gasteiger partial charge in [0.1, 0.15) is 21.7 Å². The summed E-state index contributed by atoms with van der Waals surface area (Å²) in [4.78, 5) is 28.2. The third-order valence-electron chi connectivity index (χ3n) is 3.94. The molecule has 0 atom stereocenters. The van der Waals surface area contributed by atoms with Crippen LogP contribution < -0.4 is 5.32 Å². The van der Waals surface area contributed by atoms with Crippen molar-refractivity contribution >= 4 is 39.4 Å². The van der Waals surface area contributed by atoms with E-state index in [-0.39, 0.29) is 5.91 Å². The number of nitrogens with one attached hydrogen (secondary N) is 1. The van der Waals surface area contributed by atoms with Crippen molar-refractivity contribution in [3.8, 4) is 0 Å². The van der Waals surface area contributed by atoms with Crippen LogP contribution in [0.5, 0.6) is 0 Å². The Balaban J connectivity index is 1.65. The zero-order valence-electron chi connectivity index (χ0n) is 12.7. The average Bonchev–Trinajstić information content (AvgIpc) is 2.98. The van der Waals surface area contributed by atoms with Gasteiger partial charge < -0.3 is 10.2 Å². The highest BCUT2D eigenvalue weighted by molar-refractivity contribution is 7.98. The Bertz CT molecular complexity index is 666. The van der Waals surface area contributed by atoms with Gasteiger partial charge in [0.15, 0.2) is 5.01 Å². The topological polar surface area (TPSA) is 71.0 Å². The molecule has 0 aliphatic carbocycles. The minimum Gasteiger partial charge on any atom is -0.350 e. The second kappa shape index (κ2) is 6.89. The predicted molar refractivity (Wildman–Crippen MR) is 89.5 cm³/mol. The summed E-state index contributed by atoms with van der Waals surface area (Å²) in [6.45, 7) is 2.94. The first-order valence-electron chi connectivity index (χ1n) is 7.29. The fourth-order valence-corrected chi connectivity index (χ4v) is 3.94. The normalized spacial score (nSPS) is 17.0. The fraction of sp³-hybridized carbons (Fsp3) is 0.571. The van der Waals surface area contributed by atoms with Crippen molar-refractivity contribution in [2.75, 3.05) is 32.9 Å². The van der Waals surface area contributed by atoms with Gasteiger partial charge in [-0.15, -0.1) is 11.8 Å². The number of piperidine rings is 1. The number of hydrogen-bond donors (Lipinski definition) is 1. The molecule has 1 aliphatic rings. The molecule has 8 heteroatoms. The van der Waals surface area contributed by atoms with E-state index >= 15 is 0 Å². The number of carbonyl (C=O) groups excluding carboxylic acids is 1. The molecule has 0 bridgehead atoms.